The van der Waals surface area contributed by atoms with E-state index in [0.29, 0.717) is 12.6 Å². The molecule has 1 aromatic rings. The topological polar surface area (TPSA) is 54.4 Å². The van der Waals surface area contributed by atoms with Gasteiger partial charge in [-0.1, -0.05) is 6.92 Å². The number of ether oxygens (including phenoxy) is 1. The van der Waals surface area contributed by atoms with Gasteiger partial charge in [-0.25, -0.2) is 0 Å². The van der Waals surface area contributed by atoms with Crippen molar-refractivity contribution in [1.29, 1.82) is 0 Å². The van der Waals surface area contributed by atoms with Crippen molar-refractivity contribution < 1.29 is 9.84 Å². The first-order valence-corrected chi connectivity index (χ1v) is 7.72. The fourth-order valence-electron chi connectivity index (χ4n) is 2.86. The summed E-state index contributed by atoms with van der Waals surface area (Å²) in [5.41, 5.74) is 0.141. The van der Waals surface area contributed by atoms with Crippen LogP contribution in [0.5, 0.6) is 5.75 Å². The van der Waals surface area contributed by atoms with Crippen LogP contribution >= 0.6 is 0 Å². The van der Waals surface area contributed by atoms with E-state index >= 15 is 0 Å². The summed E-state index contributed by atoms with van der Waals surface area (Å²) in [6.45, 7) is 5.81. The molecule has 2 rings (SSSR count). The van der Waals surface area contributed by atoms with Crippen LogP contribution in [0.2, 0.25) is 0 Å². The molecule has 1 saturated carbocycles. The fourth-order valence-corrected chi connectivity index (χ4v) is 2.86. The van der Waals surface area contributed by atoms with Gasteiger partial charge >= 0.3 is 0 Å². The minimum Gasteiger partial charge on any atom is -0.492 e. The molecule has 0 aliphatic heterocycles. The Balaban J connectivity index is 2.00. The second-order valence-electron chi connectivity index (χ2n) is 5.60. The Kier molecular flexibility index (Phi) is 5.38. The van der Waals surface area contributed by atoms with E-state index in [0.717, 1.165) is 50.0 Å². The maximum absolute atomic E-state index is 10.9. The zero-order valence-corrected chi connectivity index (χ0v) is 12.6. The maximum Gasteiger partial charge on any atom is 0.137 e. The lowest BCUT2D eigenvalue weighted by Gasteiger charge is -2.36. The molecule has 0 unspecified atom stereocenters. The Morgan fingerprint density at radius 3 is 2.75 bits per heavy atom. The number of nitrogens with one attached hydrogen (secondary N) is 1. The normalized spacial score (nSPS) is 26.4. The van der Waals surface area contributed by atoms with Gasteiger partial charge in [0.25, 0.3) is 0 Å². The van der Waals surface area contributed by atoms with Gasteiger partial charge in [0.05, 0.1) is 18.4 Å². The van der Waals surface area contributed by atoms with Crippen molar-refractivity contribution >= 4 is 0 Å². The Bertz CT molecular complexity index is 415. The van der Waals surface area contributed by atoms with Gasteiger partial charge in [-0.3, -0.25) is 4.98 Å². The first-order chi connectivity index (χ1) is 9.68. The van der Waals surface area contributed by atoms with E-state index < -0.39 is 5.60 Å². The molecule has 1 aliphatic carbocycles. The number of aromatic nitrogens is 1. The van der Waals surface area contributed by atoms with Gasteiger partial charge in [0.2, 0.25) is 0 Å². The van der Waals surface area contributed by atoms with E-state index in [-0.39, 0.29) is 0 Å². The number of nitrogens with zero attached hydrogens (tertiary/aromatic N) is 1. The molecular formula is C16H26N2O2. The van der Waals surface area contributed by atoms with Crippen LogP contribution in [0.3, 0.4) is 0 Å². The highest BCUT2D eigenvalue weighted by molar-refractivity contribution is 5.28. The fraction of sp³-hybridized carbons (Fsp3) is 0.688. The second-order valence-corrected chi connectivity index (χ2v) is 5.60. The first kappa shape index (κ1) is 15.3. The standard InChI is InChI=1S/C16H26N2O2/c1-3-9-18-14-5-7-16(19,8-6-14)13-10-15(20-4-2)12-17-11-13/h10-12,14,18-19H,3-9H2,1-2H3. The monoisotopic (exact) mass is 278 g/mol. The smallest absolute Gasteiger partial charge is 0.137 e. The molecule has 0 aromatic carbocycles. The summed E-state index contributed by atoms with van der Waals surface area (Å²) >= 11 is 0. The van der Waals surface area contributed by atoms with Crippen LogP contribution in [0.15, 0.2) is 18.5 Å². The third-order valence-corrected chi connectivity index (χ3v) is 4.06. The van der Waals surface area contributed by atoms with E-state index in [1.54, 1.807) is 12.4 Å². The molecule has 0 spiro atoms. The molecule has 112 valence electrons. The van der Waals surface area contributed by atoms with Crippen LogP contribution in [-0.2, 0) is 5.60 Å². The molecule has 4 heteroatoms. The summed E-state index contributed by atoms with van der Waals surface area (Å²) in [5, 5.41) is 14.4. The quantitative estimate of drug-likeness (QED) is 0.840. The highest BCUT2D eigenvalue weighted by atomic mass is 16.5. The Morgan fingerprint density at radius 2 is 2.10 bits per heavy atom. The molecule has 0 radical (unpaired) electrons. The Morgan fingerprint density at radius 1 is 1.35 bits per heavy atom. The minimum absolute atomic E-state index is 0.540. The lowest BCUT2D eigenvalue weighted by molar-refractivity contribution is -0.00875. The van der Waals surface area contributed by atoms with E-state index in [2.05, 4.69) is 17.2 Å². The Hall–Kier alpha value is -1.13. The SMILES string of the molecule is CCCNC1CCC(O)(c2cncc(OCC)c2)CC1. The largest absolute Gasteiger partial charge is 0.492 e. The number of hydrogen-bond donors (Lipinski definition) is 2. The highest BCUT2D eigenvalue weighted by Crippen LogP contribution is 2.37. The molecule has 1 aromatic heterocycles. The van der Waals surface area contributed by atoms with Gasteiger partial charge < -0.3 is 15.2 Å². The summed E-state index contributed by atoms with van der Waals surface area (Å²) in [4.78, 5) is 4.19. The molecule has 4 nitrogen and oxygen atoms in total. The van der Waals surface area contributed by atoms with Crippen molar-refractivity contribution in [2.24, 2.45) is 0 Å². The average molecular weight is 278 g/mol. The van der Waals surface area contributed by atoms with Crippen molar-refractivity contribution in [1.82, 2.24) is 10.3 Å². The van der Waals surface area contributed by atoms with Crippen molar-refractivity contribution in [3.8, 4) is 5.75 Å². The summed E-state index contributed by atoms with van der Waals surface area (Å²) in [6, 6.07) is 2.47. The van der Waals surface area contributed by atoms with Gasteiger partial charge in [0.1, 0.15) is 5.75 Å². The molecule has 0 atom stereocenters. The van der Waals surface area contributed by atoms with Crippen LogP contribution in [0, 0.1) is 0 Å². The zero-order chi connectivity index (χ0) is 14.4. The van der Waals surface area contributed by atoms with Gasteiger partial charge in [-0.05, 0) is 51.6 Å². The molecule has 0 bridgehead atoms. The average Bonchev–Trinajstić information content (AvgIpc) is 2.47. The molecule has 0 amide bonds. The van der Waals surface area contributed by atoms with Crippen molar-refractivity contribution in [3.05, 3.63) is 24.0 Å². The lowest BCUT2D eigenvalue weighted by Crippen LogP contribution is -2.40. The first-order valence-electron chi connectivity index (χ1n) is 7.72. The van der Waals surface area contributed by atoms with E-state index in [4.69, 9.17) is 4.74 Å². The van der Waals surface area contributed by atoms with E-state index in [9.17, 15) is 5.11 Å². The summed E-state index contributed by atoms with van der Waals surface area (Å²) in [7, 11) is 0. The van der Waals surface area contributed by atoms with Crippen LogP contribution in [0.25, 0.3) is 0 Å². The van der Waals surface area contributed by atoms with Gasteiger partial charge in [-0.15, -0.1) is 0 Å². The maximum atomic E-state index is 10.9. The number of aliphatic hydroxyl groups is 1. The predicted octanol–water partition coefficient (Wildman–Crippen LogP) is 2.61. The minimum atomic E-state index is -0.746. The van der Waals surface area contributed by atoms with Crippen LogP contribution in [0.4, 0.5) is 0 Å². The van der Waals surface area contributed by atoms with Gasteiger partial charge in [-0.2, -0.15) is 0 Å². The molecule has 1 heterocycles. The molecule has 2 N–H and O–H groups in total. The highest BCUT2D eigenvalue weighted by Gasteiger charge is 2.35. The lowest BCUT2D eigenvalue weighted by atomic mass is 9.78. The van der Waals surface area contributed by atoms with Gasteiger partial charge in [0, 0.05) is 17.8 Å². The third-order valence-electron chi connectivity index (χ3n) is 4.06. The van der Waals surface area contributed by atoms with Crippen molar-refractivity contribution in [2.75, 3.05) is 13.2 Å². The Labute approximate surface area is 121 Å². The molecular weight excluding hydrogens is 252 g/mol. The van der Waals surface area contributed by atoms with Crippen LogP contribution in [0.1, 0.15) is 51.5 Å². The molecule has 0 saturated heterocycles. The van der Waals surface area contributed by atoms with Crippen LogP contribution < -0.4 is 10.1 Å². The van der Waals surface area contributed by atoms with E-state index in [1.165, 1.54) is 0 Å². The summed E-state index contributed by atoms with van der Waals surface area (Å²) in [5.74, 6) is 0.740. The van der Waals surface area contributed by atoms with Gasteiger partial charge in [0.15, 0.2) is 0 Å². The summed E-state index contributed by atoms with van der Waals surface area (Å²) in [6.07, 6.45) is 8.20. The molecule has 20 heavy (non-hydrogen) atoms. The van der Waals surface area contributed by atoms with Crippen molar-refractivity contribution in [2.45, 2.75) is 57.6 Å². The predicted molar refractivity (Wildman–Crippen MR) is 79.9 cm³/mol. The number of pyridine rings is 1. The summed E-state index contributed by atoms with van der Waals surface area (Å²) < 4.78 is 5.47. The second kappa shape index (κ2) is 7.04. The third kappa shape index (κ3) is 3.70. The zero-order valence-electron chi connectivity index (χ0n) is 12.6. The number of hydrogen-bond acceptors (Lipinski definition) is 4. The van der Waals surface area contributed by atoms with Crippen LogP contribution in [-0.4, -0.2) is 29.3 Å². The van der Waals surface area contributed by atoms with Crippen molar-refractivity contribution in [3.63, 3.8) is 0 Å². The van der Waals surface area contributed by atoms with E-state index in [1.807, 2.05) is 13.0 Å². The molecule has 1 fully saturated rings. The molecule has 1 aliphatic rings. The number of rotatable bonds is 6.